The van der Waals surface area contributed by atoms with Crippen LogP contribution in [0.25, 0.3) is 0 Å². The van der Waals surface area contributed by atoms with Crippen LogP contribution in [0.15, 0.2) is 35.5 Å². The molecule has 1 aromatic carbocycles. The molecule has 1 aromatic rings. The fourth-order valence-corrected chi connectivity index (χ4v) is 2.47. The second-order valence-corrected chi connectivity index (χ2v) is 4.32. The van der Waals surface area contributed by atoms with E-state index in [1.807, 2.05) is 30.3 Å². The number of rotatable bonds is 1. The van der Waals surface area contributed by atoms with Gasteiger partial charge in [0.15, 0.2) is 0 Å². The second kappa shape index (κ2) is 3.74. The van der Waals surface area contributed by atoms with Crippen LogP contribution in [-0.2, 0) is 9.63 Å². The number of carbonyl (C=O) groups excluding carboxylic acids is 1. The van der Waals surface area contributed by atoms with Crippen LogP contribution in [0.4, 0.5) is 0 Å². The maximum atomic E-state index is 11.9. The summed E-state index contributed by atoms with van der Waals surface area (Å²) in [6.07, 6.45) is 2.51. The highest BCUT2D eigenvalue weighted by Crippen LogP contribution is 2.32. The number of nitrogens with zero attached hydrogens (tertiary/aromatic N) is 1. The predicted molar refractivity (Wildman–Crippen MR) is 60.2 cm³/mol. The van der Waals surface area contributed by atoms with Crippen molar-refractivity contribution in [1.29, 1.82) is 0 Å². The van der Waals surface area contributed by atoms with Gasteiger partial charge in [-0.15, -0.1) is 0 Å². The summed E-state index contributed by atoms with van der Waals surface area (Å²) in [5.74, 6) is 0.146. The van der Waals surface area contributed by atoms with E-state index in [-0.39, 0.29) is 17.8 Å². The van der Waals surface area contributed by atoms with Crippen molar-refractivity contribution in [2.45, 2.75) is 25.4 Å². The summed E-state index contributed by atoms with van der Waals surface area (Å²) in [7, 11) is 0. The monoisotopic (exact) mass is 215 g/mol. The minimum atomic E-state index is -0.129. The molecule has 0 bridgehead atoms. The Balaban J connectivity index is 1.95. The quantitative estimate of drug-likeness (QED) is 0.720. The van der Waals surface area contributed by atoms with Crippen molar-refractivity contribution >= 4 is 11.5 Å². The highest BCUT2D eigenvalue weighted by molar-refractivity contribution is 6.14. The smallest absolute Gasteiger partial charge is 0.145 e. The van der Waals surface area contributed by atoms with Crippen molar-refractivity contribution in [2.75, 3.05) is 0 Å². The molecule has 1 saturated carbocycles. The molecular weight excluding hydrogens is 202 g/mol. The molecule has 82 valence electrons. The molecule has 2 atom stereocenters. The van der Waals surface area contributed by atoms with E-state index in [1.54, 1.807) is 0 Å². The molecule has 3 rings (SSSR count). The first-order valence-corrected chi connectivity index (χ1v) is 5.68. The lowest BCUT2D eigenvalue weighted by Gasteiger charge is -2.22. The van der Waals surface area contributed by atoms with E-state index in [0.717, 1.165) is 24.1 Å². The summed E-state index contributed by atoms with van der Waals surface area (Å²) in [6, 6.07) is 9.83. The third kappa shape index (κ3) is 1.43. The van der Waals surface area contributed by atoms with E-state index in [1.165, 1.54) is 0 Å². The minimum Gasteiger partial charge on any atom is -0.391 e. The molecule has 0 amide bonds. The minimum absolute atomic E-state index is 0.0172. The van der Waals surface area contributed by atoms with Gasteiger partial charge in [-0.1, -0.05) is 35.5 Å². The van der Waals surface area contributed by atoms with E-state index < -0.39 is 0 Å². The van der Waals surface area contributed by atoms with E-state index >= 15 is 0 Å². The van der Waals surface area contributed by atoms with Crippen LogP contribution in [-0.4, -0.2) is 17.6 Å². The number of oxime groups is 1. The molecule has 0 spiro atoms. The summed E-state index contributed by atoms with van der Waals surface area (Å²) < 4.78 is 0. The number of Topliss-reactive ketones (excluding diaryl/α,β-unsaturated/α-hetero) is 1. The molecule has 1 fully saturated rings. The molecule has 3 heteroatoms. The van der Waals surface area contributed by atoms with Crippen molar-refractivity contribution < 1.29 is 9.63 Å². The maximum absolute atomic E-state index is 11.9. The zero-order chi connectivity index (χ0) is 11.0. The number of fused-ring (bicyclic) bond motifs is 1. The van der Waals surface area contributed by atoms with Gasteiger partial charge in [-0.2, -0.15) is 0 Å². The largest absolute Gasteiger partial charge is 0.391 e. The summed E-state index contributed by atoms with van der Waals surface area (Å²) >= 11 is 0. The topological polar surface area (TPSA) is 38.7 Å². The van der Waals surface area contributed by atoms with Crippen LogP contribution in [0, 0.1) is 5.92 Å². The zero-order valence-corrected chi connectivity index (χ0v) is 8.93. The Morgan fingerprint density at radius 1 is 1.25 bits per heavy atom. The van der Waals surface area contributed by atoms with E-state index in [2.05, 4.69) is 5.16 Å². The van der Waals surface area contributed by atoms with Gasteiger partial charge in [0.2, 0.25) is 0 Å². The standard InChI is InChI=1S/C13H13NO2/c15-10-7-4-8-11-12(10)13(14-16-11)9-5-2-1-3-6-9/h1-3,5-6,11-12H,4,7-8H2. The third-order valence-corrected chi connectivity index (χ3v) is 3.28. The van der Waals surface area contributed by atoms with E-state index in [9.17, 15) is 4.79 Å². The van der Waals surface area contributed by atoms with Crippen molar-refractivity contribution in [3.05, 3.63) is 35.9 Å². The molecule has 2 unspecified atom stereocenters. The predicted octanol–water partition coefficient (Wildman–Crippen LogP) is 2.16. The molecule has 1 aliphatic carbocycles. The third-order valence-electron chi connectivity index (χ3n) is 3.28. The fraction of sp³-hybridized carbons (Fsp3) is 0.385. The molecule has 0 aromatic heterocycles. The fourth-order valence-electron chi connectivity index (χ4n) is 2.47. The Kier molecular flexibility index (Phi) is 2.24. The van der Waals surface area contributed by atoms with Crippen molar-refractivity contribution in [3.63, 3.8) is 0 Å². The van der Waals surface area contributed by atoms with Gasteiger partial charge in [-0.3, -0.25) is 4.79 Å². The van der Waals surface area contributed by atoms with Crippen LogP contribution in [0.2, 0.25) is 0 Å². The van der Waals surface area contributed by atoms with Gasteiger partial charge in [-0.25, -0.2) is 0 Å². The number of benzene rings is 1. The molecule has 16 heavy (non-hydrogen) atoms. The average Bonchev–Trinajstić information content (AvgIpc) is 2.75. The van der Waals surface area contributed by atoms with E-state index in [4.69, 9.17) is 4.84 Å². The number of carbonyl (C=O) groups is 1. The first-order valence-electron chi connectivity index (χ1n) is 5.68. The summed E-state index contributed by atoms with van der Waals surface area (Å²) in [4.78, 5) is 17.3. The molecule has 1 heterocycles. The molecule has 0 saturated heterocycles. The summed E-state index contributed by atoms with van der Waals surface area (Å²) in [6.45, 7) is 0. The summed E-state index contributed by atoms with van der Waals surface area (Å²) in [5, 5.41) is 4.10. The molecular formula is C13H13NO2. The van der Waals surface area contributed by atoms with Gasteiger partial charge in [0.1, 0.15) is 23.5 Å². The van der Waals surface area contributed by atoms with Gasteiger partial charge in [0, 0.05) is 12.0 Å². The normalized spacial score (nSPS) is 28.2. The molecule has 0 radical (unpaired) electrons. The lowest BCUT2D eigenvalue weighted by Crippen LogP contribution is -2.35. The van der Waals surface area contributed by atoms with Crippen molar-refractivity contribution in [1.82, 2.24) is 0 Å². The van der Waals surface area contributed by atoms with Crippen molar-refractivity contribution in [3.8, 4) is 0 Å². The van der Waals surface area contributed by atoms with Crippen LogP contribution in [0.5, 0.6) is 0 Å². The maximum Gasteiger partial charge on any atom is 0.145 e. The van der Waals surface area contributed by atoms with Gasteiger partial charge in [0.05, 0.1) is 0 Å². The Morgan fingerprint density at radius 2 is 2.06 bits per heavy atom. The van der Waals surface area contributed by atoms with Gasteiger partial charge >= 0.3 is 0 Å². The van der Waals surface area contributed by atoms with Crippen LogP contribution < -0.4 is 0 Å². The Bertz CT molecular complexity index is 439. The lowest BCUT2D eigenvalue weighted by atomic mass is 9.81. The van der Waals surface area contributed by atoms with Crippen LogP contribution in [0.3, 0.4) is 0 Å². The average molecular weight is 215 g/mol. The first kappa shape index (κ1) is 9.58. The number of hydrogen-bond donors (Lipinski definition) is 0. The van der Waals surface area contributed by atoms with Crippen LogP contribution in [0.1, 0.15) is 24.8 Å². The Morgan fingerprint density at radius 3 is 2.88 bits per heavy atom. The number of hydrogen-bond acceptors (Lipinski definition) is 3. The lowest BCUT2D eigenvalue weighted by molar-refractivity contribution is -0.126. The Hall–Kier alpha value is -1.64. The van der Waals surface area contributed by atoms with Gasteiger partial charge < -0.3 is 4.84 Å². The SMILES string of the molecule is O=C1CCCC2ON=C(c3ccccc3)C12. The summed E-state index contributed by atoms with van der Waals surface area (Å²) in [5.41, 5.74) is 1.82. The second-order valence-electron chi connectivity index (χ2n) is 4.32. The highest BCUT2D eigenvalue weighted by atomic mass is 16.6. The highest BCUT2D eigenvalue weighted by Gasteiger charge is 2.42. The zero-order valence-electron chi connectivity index (χ0n) is 8.93. The number of ketones is 1. The molecule has 0 N–H and O–H groups in total. The van der Waals surface area contributed by atoms with Crippen molar-refractivity contribution in [2.24, 2.45) is 11.1 Å². The van der Waals surface area contributed by atoms with Gasteiger partial charge in [0.25, 0.3) is 0 Å². The van der Waals surface area contributed by atoms with Crippen LogP contribution >= 0.6 is 0 Å². The Labute approximate surface area is 94.1 Å². The van der Waals surface area contributed by atoms with Gasteiger partial charge in [-0.05, 0) is 12.8 Å². The molecule has 1 aliphatic heterocycles. The first-order chi connectivity index (χ1) is 7.86. The van der Waals surface area contributed by atoms with E-state index in [0.29, 0.717) is 6.42 Å². The molecule has 3 nitrogen and oxygen atoms in total. The molecule has 2 aliphatic rings.